The molecule has 0 aromatic carbocycles. The Bertz CT molecular complexity index is 287. The molecule has 1 heterocycles. The summed E-state index contributed by atoms with van der Waals surface area (Å²) < 4.78 is 26.9. The van der Waals surface area contributed by atoms with Gasteiger partial charge in [-0.3, -0.25) is 9.66 Å². The molecule has 1 rings (SSSR count). The zero-order valence-corrected chi connectivity index (χ0v) is 8.06. The molecule has 0 spiro atoms. The van der Waals surface area contributed by atoms with Crippen LogP contribution < -0.4 is 0 Å². The molecule has 0 aliphatic carbocycles. The average Bonchev–Trinajstić information content (AvgIpc) is 2.39. The first-order chi connectivity index (χ1) is 5.45. The summed E-state index contributed by atoms with van der Waals surface area (Å²) in [6.07, 6.45) is 0. The normalized spacial score (nSPS) is 10.2. The lowest BCUT2D eigenvalue weighted by Crippen LogP contribution is -1.97. The van der Waals surface area contributed by atoms with E-state index in [4.69, 9.17) is 4.55 Å². The Morgan fingerprint density at radius 2 is 2.08 bits per heavy atom. The van der Waals surface area contributed by atoms with Crippen molar-refractivity contribution in [3.8, 4) is 5.75 Å². The summed E-state index contributed by atoms with van der Waals surface area (Å²) in [5.74, 6) is -0.0903. The molecule has 0 amide bonds. The highest BCUT2D eigenvalue weighted by atomic mass is 32.2. The number of hydrogen-bond acceptors (Lipinski definition) is 3. The minimum atomic E-state index is -3.66. The van der Waals surface area contributed by atoms with E-state index in [0.29, 0.717) is 0 Å². The van der Waals surface area contributed by atoms with Gasteiger partial charge in [0.05, 0.1) is 5.75 Å². The standard InChI is InChI=1S/C4H3OS.C2H6O3S/c5-4-1-2-6-3-4;1-2-6(3,4)5/h1-3H;2H2,1H3,(H,3,4,5). The van der Waals surface area contributed by atoms with Crippen LogP contribution in [0.4, 0.5) is 0 Å². The third-order valence-electron chi connectivity index (χ3n) is 0.860. The molecule has 1 aromatic rings. The van der Waals surface area contributed by atoms with Crippen molar-refractivity contribution in [1.82, 2.24) is 0 Å². The van der Waals surface area contributed by atoms with Gasteiger partial charge in [0.25, 0.3) is 10.1 Å². The van der Waals surface area contributed by atoms with E-state index >= 15 is 0 Å². The molecule has 12 heavy (non-hydrogen) atoms. The Balaban J connectivity index is 0.000000202. The summed E-state index contributed by atoms with van der Waals surface area (Å²) in [5.41, 5.74) is 0. The molecule has 0 bridgehead atoms. The quantitative estimate of drug-likeness (QED) is 0.716. The molecule has 0 saturated carbocycles. The zero-order valence-electron chi connectivity index (χ0n) is 6.43. The van der Waals surface area contributed by atoms with Crippen LogP contribution in [0.25, 0.3) is 0 Å². The van der Waals surface area contributed by atoms with E-state index in [2.05, 4.69) is 0 Å². The van der Waals surface area contributed by atoms with E-state index in [1.54, 1.807) is 16.8 Å². The molecule has 0 fully saturated rings. The fraction of sp³-hybridized carbons (Fsp3) is 0.333. The van der Waals surface area contributed by atoms with Crippen molar-refractivity contribution < 1.29 is 18.1 Å². The van der Waals surface area contributed by atoms with E-state index in [1.807, 2.05) is 0 Å². The van der Waals surface area contributed by atoms with Gasteiger partial charge >= 0.3 is 0 Å². The maximum atomic E-state index is 10.1. The molecule has 1 radical (unpaired) electrons. The van der Waals surface area contributed by atoms with Gasteiger partial charge in [-0.2, -0.15) is 8.42 Å². The van der Waals surface area contributed by atoms with Crippen molar-refractivity contribution in [1.29, 1.82) is 0 Å². The second-order valence-corrected chi connectivity index (χ2v) is 4.35. The minimum Gasteiger partial charge on any atom is -0.289 e. The number of hydrogen-bond donors (Lipinski definition) is 1. The molecule has 4 nitrogen and oxygen atoms in total. The summed E-state index contributed by atoms with van der Waals surface area (Å²) in [6, 6.07) is 1.55. The van der Waals surface area contributed by atoms with Crippen molar-refractivity contribution in [2.75, 3.05) is 5.75 Å². The van der Waals surface area contributed by atoms with Gasteiger partial charge in [0, 0.05) is 5.38 Å². The van der Waals surface area contributed by atoms with Gasteiger partial charge in [0.2, 0.25) is 0 Å². The van der Waals surface area contributed by atoms with E-state index in [0.717, 1.165) is 0 Å². The summed E-state index contributed by atoms with van der Waals surface area (Å²) >= 11 is 1.43. The van der Waals surface area contributed by atoms with Gasteiger partial charge in [0.1, 0.15) is 0 Å². The van der Waals surface area contributed by atoms with Crippen LogP contribution in [0.15, 0.2) is 16.8 Å². The second-order valence-electron chi connectivity index (χ2n) is 1.83. The van der Waals surface area contributed by atoms with Gasteiger partial charge in [0.15, 0.2) is 5.75 Å². The van der Waals surface area contributed by atoms with Crippen LogP contribution in [0.5, 0.6) is 5.75 Å². The van der Waals surface area contributed by atoms with Gasteiger partial charge in [-0.25, -0.2) is 0 Å². The lowest BCUT2D eigenvalue weighted by atomic mass is 10.6. The SMILES string of the molecule is CCS(=O)(=O)O.[O]c1ccsc1. The summed E-state index contributed by atoms with van der Waals surface area (Å²) in [7, 11) is -3.66. The Morgan fingerprint density at radius 1 is 1.58 bits per heavy atom. The second kappa shape index (κ2) is 5.13. The van der Waals surface area contributed by atoms with E-state index in [1.165, 1.54) is 18.3 Å². The molecular formula is C6H9O4S2. The van der Waals surface area contributed by atoms with Crippen molar-refractivity contribution in [2.24, 2.45) is 0 Å². The van der Waals surface area contributed by atoms with Crippen LogP contribution in [0.3, 0.4) is 0 Å². The maximum Gasteiger partial charge on any atom is 0.264 e. The van der Waals surface area contributed by atoms with E-state index in [9.17, 15) is 13.5 Å². The lowest BCUT2D eigenvalue weighted by Gasteiger charge is -1.79. The molecular weight excluding hydrogens is 200 g/mol. The molecule has 1 N–H and O–H groups in total. The highest BCUT2D eigenvalue weighted by Crippen LogP contribution is 2.11. The van der Waals surface area contributed by atoms with E-state index < -0.39 is 10.1 Å². The van der Waals surface area contributed by atoms with Crippen LogP contribution >= 0.6 is 11.3 Å². The fourth-order valence-corrected chi connectivity index (χ4v) is 0.756. The van der Waals surface area contributed by atoms with Gasteiger partial charge in [-0.15, -0.1) is 11.3 Å². The zero-order chi connectivity index (χ0) is 9.61. The largest absolute Gasteiger partial charge is 0.289 e. The first kappa shape index (κ1) is 11.4. The third kappa shape index (κ3) is 7.52. The smallest absolute Gasteiger partial charge is 0.264 e. The average molecular weight is 209 g/mol. The topological polar surface area (TPSA) is 74.3 Å². The summed E-state index contributed by atoms with van der Waals surface area (Å²) in [6.45, 7) is 1.37. The third-order valence-corrected chi connectivity index (χ3v) is 2.25. The molecule has 69 valence electrons. The summed E-state index contributed by atoms with van der Waals surface area (Å²) in [4.78, 5) is 0. The molecule has 0 saturated heterocycles. The predicted molar refractivity (Wildman–Crippen MR) is 46.5 cm³/mol. The Kier molecular flexibility index (Phi) is 4.87. The van der Waals surface area contributed by atoms with Gasteiger partial charge in [-0.1, -0.05) is 0 Å². The van der Waals surface area contributed by atoms with Crippen LogP contribution in [-0.4, -0.2) is 18.7 Å². The van der Waals surface area contributed by atoms with Crippen LogP contribution in [-0.2, 0) is 15.2 Å². The van der Waals surface area contributed by atoms with Crippen LogP contribution in [0.1, 0.15) is 6.92 Å². The van der Waals surface area contributed by atoms with E-state index in [-0.39, 0.29) is 11.5 Å². The highest BCUT2D eigenvalue weighted by Gasteiger charge is 1.93. The highest BCUT2D eigenvalue weighted by molar-refractivity contribution is 7.85. The molecule has 0 aliphatic rings. The van der Waals surface area contributed by atoms with Crippen molar-refractivity contribution in [2.45, 2.75) is 6.92 Å². The lowest BCUT2D eigenvalue weighted by molar-refractivity contribution is 0.357. The summed E-state index contributed by atoms with van der Waals surface area (Å²) in [5, 5.41) is 13.4. The van der Waals surface area contributed by atoms with Crippen LogP contribution in [0, 0.1) is 0 Å². The van der Waals surface area contributed by atoms with Crippen molar-refractivity contribution in [3.05, 3.63) is 16.8 Å². The molecule has 0 aliphatic heterocycles. The molecule has 0 unspecified atom stereocenters. The number of rotatable bonds is 1. The Labute approximate surface area is 75.2 Å². The number of thiophene rings is 1. The molecule has 0 atom stereocenters. The predicted octanol–water partition coefficient (Wildman–Crippen LogP) is 1.79. The van der Waals surface area contributed by atoms with Crippen LogP contribution in [0.2, 0.25) is 0 Å². The monoisotopic (exact) mass is 209 g/mol. The minimum absolute atomic E-state index is 0.111. The maximum absolute atomic E-state index is 10.1. The van der Waals surface area contributed by atoms with Gasteiger partial charge < -0.3 is 0 Å². The van der Waals surface area contributed by atoms with Gasteiger partial charge in [-0.05, 0) is 18.4 Å². The molecule has 6 heteroatoms. The first-order valence-electron chi connectivity index (χ1n) is 3.10. The molecule has 1 aromatic heterocycles. The fourth-order valence-electron chi connectivity index (χ4n) is 0.252. The van der Waals surface area contributed by atoms with Crippen molar-refractivity contribution >= 4 is 21.5 Å². The Hall–Kier alpha value is -0.590. The first-order valence-corrected chi connectivity index (χ1v) is 5.65. The Morgan fingerprint density at radius 3 is 2.17 bits per heavy atom. The van der Waals surface area contributed by atoms with Crippen molar-refractivity contribution in [3.63, 3.8) is 0 Å².